The number of carbonyl (C=O) groups excluding carboxylic acids is 2. The van der Waals surface area contributed by atoms with Crippen LogP contribution in [-0.2, 0) is 16.0 Å². The number of hydrogen-bond acceptors (Lipinski definition) is 2. The van der Waals surface area contributed by atoms with Crippen LogP contribution in [-0.4, -0.2) is 18.4 Å². The van der Waals surface area contributed by atoms with E-state index in [1.54, 1.807) is 12.1 Å². The maximum atomic E-state index is 13.2. The average molecular weight is 289 g/mol. The monoisotopic (exact) mass is 288 g/mol. The molecule has 1 aromatic carbocycles. The van der Waals surface area contributed by atoms with Crippen LogP contribution in [0.25, 0.3) is 0 Å². The van der Waals surface area contributed by atoms with Gasteiger partial charge in [-0.25, -0.2) is 4.39 Å². The fourth-order valence-corrected chi connectivity index (χ4v) is 1.54. The highest BCUT2D eigenvalue weighted by Crippen LogP contribution is 2.15. The Hall–Kier alpha value is -1.43. The molecular weight excluding hydrogens is 279 g/mol. The number of amides is 2. The van der Waals surface area contributed by atoms with E-state index in [1.807, 2.05) is 0 Å². The number of hydrogen-bond donors (Lipinski definition) is 2. The SMILES string of the molecule is NC(=O)C(=O)NCCc1cc(Br)ccc1F. The molecule has 0 atom stereocenters. The third-order valence-electron chi connectivity index (χ3n) is 1.91. The summed E-state index contributed by atoms with van der Waals surface area (Å²) in [7, 11) is 0. The van der Waals surface area contributed by atoms with Crippen LogP contribution in [0.1, 0.15) is 5.56 Å². The zero-order chi connectivity index (χ0) is 12.1. The highest BCUT2D eigenvalue weighted by molar-refractivity contribution is 9.10. The van der Waals surface area contributed by atoms with E-state index in [0.717, 1.165) is 4.47 Å². The van der Waals surface area contributed by atoms with E-state index in [-0.39, 0.29) is 12.4 Å². The molecule has 0 spiro atoms. The van der Waals surface area contributed by atoms with Crippen molar-refractivity contribution >= 4 is 27.7 Å². The lowest BCUT2D eigenvalue weighted by Gasteiger charge is -2.04. The summed E-state index contributed by atoms with van der Waals surface area (Å²) >= 11 is 3.21. The predicted octanol–water partition coefficient (Wildman–Crippen LogP) is 0.732. The van der Waals surface area contributed by atoms with E-state index >= 15 is 0 Å². The van der Waals surface area contributed by atoms with Gasteiger partial charge in [0.1, 0.15) is 5.82 Å². The highest BCUT2D eigenvalue weighted by Gasteiger charge is 2.08. The zero-order valence-electron chi connectivity index (χ0n) is 8.30. The summed E-state index contributed by atoms with van der Waals surface area (Å²) in [6.07, 6.45) is 0.296. The van der Waals surface area contributed by atoms with Gasteiger partial charge in [0, 0.05) is 11.0 Å². The quantitative estimate of drug-likeness (QED) is 0.805. The van der Waals surface area contributed by atoms with Crippen molar-refractivity contribution in [2.75, 3.05) is 6.54 Å². The Bertz CT molecular complexity index is 423. The maximum absolute atomic E-state index is 13.2. The van der Waals surface area contributed by atoms with Crippen LogP contribution in [0.2, 0.25) is 0 Å². The van der Waals surface area contributed by atoms with Crippen LogP contribution < -0.4 is 11.1 Å². The van der Waals surface area contributed by atoms with Crippen molar-refractivity contribution in [2.45, 2.75) is 6.42 Å². The second kappa shape index (κ2) is 5.60. The van der Waals surface area contributed by atoms with Gasteiger partial charge in [-0.2, -0.15) is 0 Å². The summed E-state index contributed by atoms with van der Waals surface area (Å²) in [6.45, 7) is 0.162. The summed E-state index contributed by atoms with van der Waals surface area (Å²) in [6, 6.07) is 4.53. The number of carbonyl (C=O) groups is 2. The summed E-state index contributed by atoms with van der Waals surface area (Å²) in [5, 5.41) is 2.28. The van der Waals surface area contributed by atoms with Crippen molar-refractivity contribution in [2.24, 2.45) is 5.73 Å². The summed E-state index contributed by atoms with van der Waals surface area (Å²) in [5.41, 5.74) is 5.19. The molecule has 0 bridgehead atoms. The smallest absolute Gasteiger partial charge is 0.309 e. The van der Waals surface area contributed by atoms with Gasteiger partial charge in [-0.05, 0) is 30.2 Å². The fourth-order valence-electron chi connectivity index (χ4n) is 1.13. The number of benzene rings is 1. The van der Waals surface area contributed by atoms with E-state index < -0.39 is 11.8 Å². The van der Waals surface area contributed by atoms with Crippen LogP contribution in [0.5, 0.6) is 0 Å². The molecule has 0 saturated carbocycles. The Morgan fingerprint density at radius 1 is 1.44 bits per heavy atom. The lowest BCUT2D eigenvalue weighted by molar-refractivity contribution is -0.137. The molecule has 0 aliphatic rings. The number of nitrogens with one attached hydrogen (secondary N) is 1. The van der Waals surface area contributed by atoms with Crippen molar-refractivity contribution in [3.8, 4) is 0 Å². The first kappa shape index (κ1) is 12.6. The van der Waals surface area contributed by atoms with Gasteiger partial charge in [0.2, 0.25) is 0 Å². The van der Waals surface area contributed by atoms with Gasteiger partial charge in [0.15, 0.2) is 0 Å². The molecule has 0 unspecified atom stereocenters. The van der Waals surface area contributed by atoms with Gasteiger partial charge in [0.05, 0.1) is 0 Å². The second-order valence-electron chi connectivity index (χ2n) is 3.11. The number of halogens is 2. The van der Waals surface area contributed by atoms with E-state index in [9.17, 15) is 14.0 Å². The number of primary amides is 1. The molecule has 0 aliphatic carbocycles. The first-order valence-electron chi connectivity index (χ1n) is 4.52. The largest absolute Gasteiger partial charge is 0.361 e. The molecule has 0 fully saturated rings. The third-order valence-corrected chi connectivity index (χ3v) is 2.40. The second-order valence-corrected chi connectivity index (χ2v) is 4.02. The molecule has 0 heterocycles. The molecule has 3 N–H and O–H groups in total. The molecule has 6 heteroatoms. The van der Waals surface area contributed by atoms with Gasteiger partial charge in [-0.15, -0.1) is 0 Å². The lowest BCUT2D eigenvalue weighted by Crippen LogP contribution is -2.37. The Morgan fingerprint density at radius 2 is 2.12 bits per heavy atom. The van der Waals surface area contributed by atoms with Crippen LogP contribution in [0.15, 0.2) is 22.7 Å². The van der Waals surface area contributed by atoms with E-state index in [4.69, 9.17) is 5.73 Å². The van der Waals surface area contributed by atoms with E-state index in [1.165, 1.54) is 6.07 Å². The predicted molar refractivity (Wildman–Crippen MR) is 60.0 cm³/mol. The minimum absolute atomic E-state index is 0.162. The average Bonchev–Trinajstić information content (AvgIpc) is 2.22. The van der Waals surface area contributed by atoms with E-state index in [0.29, 0.717) is 12.0 Å². The molecule has 4 nitrogen and oxygen atoms in total. The molecule has 1 aromatic rings. The highest BCUT2D eigenvalue weighted by atomic mass is 79.9. The molecule has 0 saturated heterocycles. The number of rotatable bonds is 3. The first-order chi connectivity index (χ1) is 7.50. The molecule has 1 rings (SSSR count). The maximum Gasteiger partial charge on any atom is 0.309 e. The van der Waals surface area contributed by atoms with Crippen molar-refractivity contribution in [1.29, 1.82) is 0 Å². The normalized spacial score (nSPS) is 9.88. The Balaban J connectivity index is 2.52. The van der Waals surface area contributed by atoms with Gasteiger partial charge >= 0.3 is 11.8 Å². The van der Waals surface area contributed by atoms with Crippen LogP contribution >= 0.6 is 15.9 Å². The van der Waals surface area contributed by atoms with E-state index in [2.05, 4.69) is 21.2 Å². The molecule has 16 heavy (non-hydrogen) atoms. The minimum atomic E-state index is -1.05. The van der Waals surface area contributed by atoms with Crippen molar-refractivity contribution in [1.82, 2.24) is 5.32 Å². The molecule has 86 valence electrons. The lowest BCUT2D eigenvalue weighted by atomic mass is 10.1. The van der Waals surface area contributed by atoms with Crippen LogP contribution in [0, 0.1) is 5.82 Å². The topological polar surface area (TPSA) is 72.2 Å². The Morgan fingerprint density at radius 3 is 2.75 bits per heavy atom. The molecule has 0 aliphatic heterocycles. The molecule has 0 radical (unpaired) electrons. The summed E-state index contributed by atoms with van der Waals surface area (Å²) in [5.74, 6) is -2.26. The summed E-state index contributed by atoms with van der Waals surface area (Å²) < 4.78 is 14.0. The van der Waals surface area contributed by atoms with Crippen molar-refractivity contribution in [3.63, 3.8) is 0 Å². The Kier molecular flexibility index (Phi) is 4.42. The molecular formula is C10H10BrFN2O2. The van der Waals surface area contributed by atoms with Crippen LogP contribution in [0.3, 0.4) is 0 Å². The van der Waals surface area contributed by atoms with Gasteiger partial charge in [0.25, 0.3) is 0 Å². The Labute approximate surface area is 100 Å². The van der Waals surface area contributed by atoms with Gasteiger partial charge < -0.3 is 11.1 Å². The number of nitrogens with two attached hydrogens (primary N) is 1. The third kappa shape index (κ3) is 3.62. The zero-order valence-corrected chi connectivity index (χ0v) is 9.88. The summed E-state index contributed by atoms with van der Waals surface area (Å²) in [4.78, 5) is 21.2. The minimum Gasteiger partial charge on any atom is -0.361 e. The molecule has 2 amide bonds. The first-order valence-corrected chi connectivity index (χ1v) is 5.31. The van der Waals surface area contributed by atoms with Gasteiger partial charge in [-0.1, -0.05) is 15.9 Å². The standard InChI is InChI=1S/C10H10BrFN2O2/c11-7-1-2-8(12)6(5-7)3-4-14-10(16)9(13)15/h1-2,5H,3-4H2,(H2,13,15)(H,14,16). The van der Waals surface area contributed by atoms with Crippen LogP contribution in [0.4, 0.5) is 4.39 Å². The fraction of sp³-hybridized carbons (Fsp3) is 0.200. The van der Waals surface area contributed by atoms with Crippen molar-refractivity contribution < 1.29 is 14.0 Å². The molecule has 0 aromatic heterocycles. The van der Waals surface area contributed by atoms with Crippen molar-refractivity contribution in [3.05, 3.63) is 34.1 Å². The van der Waals surface area contributed by atoms with Gasteiger partial charge in [-0.3, -0.25) is 9.59 Å².